The molecular formula is C17H11ClF3NO3. The minimum atomic E-state index is -4.83. The Morgan fingerprint density at radius 2 is 1.92 bits per heavy atom. The first kappa shape index (κ1) is 17.2. The van der Waals surface area contributed by atoms with Crippen LogP contribution >= 0.6 is 11.6 Å². The van der Waals surface area contributed by atoms with Gasteiger partial charge in [0.1, 0.15) is 5.75 Å². The second-order valence-electron chi connectivity index (χ2n) is 5.28. The molecule has 0 amide bonds. The zero-order valence-electron chi connectivity index (χ0n) is 12.5. The van der Waals surface area contributed by atoms with Gasteiger partial charge in [-0.15, -0.1) is 13.2 Å². The van der Waals surface area contributed by atoms with Crippen molar-refractivity contribution >= 4 is 28.5 Å². The third kappa shape index (κ3) is 3.71. The van der Waals surface area contributed by atoms with Crippen molar-refractivity contribution in [3.63, 3.8) is 0 Å². The first-order chi connectivity index (χ1) is 11.7. The van der Waals surface area contributed by atoms with Crippen LogP contribution in [0.2, 0.25) is 5.02 Å². The number of halogens is 4. The fourth-order valence-corrected chi connectivity index (χ4v) is 2.88. The molecule has 0 radical (unpaired) electrons. The molecule has 0 aliphatic heterocycles. The molecule has 0 atom stereocenters. The lowest BCUT2D eigenvalue weighted by Crippen LogP contribution is -2.17. The van der Waals surface area contributed by atoms with E-state index in [1.807, 2.05) is 0 Å². The van der Waals surface area contributed by atoms with Gasteiger partial charge in [0.05, 0.1) is 12.1 Å². The number of aromatic amines is 1. The third-order valence-corrected chi connectivity index (χ3v) is 3.91. The number of fused-ring (bicyclic) bond motifs is 1. The molecule has 130 valence electrons. The average molecular weight is 370 g/mol. The predicted octanol–water partition coefficient (Wildman–Crippen LogP) is 5.01. The Hall–Kier alpha value is -2.67. The van der Waals surface area contributed by atoms with Crippen molar-refractivity contribution in [2.45, 2.75) is 12.8 Å². The van der Waals surface area contributed by atoms with E-state index in [1.165, 1.54) is 6.07 Å². The third-order valence-electron chi connectivity index (χ3n) is 3.58. The summed E-state index contributed by atoms with van der Waals surface area (Å²) in [6, 6.07) is 10.5. The number of hydrogen-bond acceptors (Lipinski definition) is 2. The molecule has 0 fully saturated rings. The van der Waals surface area contributed by atoms with Gasteiger partial charge in [-0.1, -0.05) is 29.8 Å². The highest BCUT2D eigenvalue weighted by Gasteiger charge is 2.31. The number of aromatic nitrogens is 1. The molecule has 2 N–H and O–H groups in total. The second kappa shape index (κ2) is 6.33. The minimum absolute atomic E-state index is 0.332. The van der Waals surface area contributed by atoms with E-state index in [0.29, 0.717) is 32.7 Å². The zero-order chi connectivity index (χ0) is 18.2. The van der Waals surface area contributed by atoms with Crippen LogP contribution in [-0.2, 0) is 11.2 Å². The summed E-state index contributed by atoms with van der Waals surface area (Å²) in [5.74, 6) is -1.53. The monoisotopic (exact) mass is 369 g/mol. The molecule has 0 spiro atoms. The van der Waals surface area contributed by atoms with Gasteiger partial charge in [0, 0.05) is 21.5 Å². The van der Waals surface area contributed by atoms with Crippen molar-refractivity contribution in [2.75, 3.05) is 0 Å². The van der Waals surface area contributed by atoms with Gasteiger partial charge in [-0.25, -0.2) is 0 Å². The van der Waals surface area contributed by atoms with E-state index in [9.17, 15) is 23.1 Å². The molecule has 0 saturated carbocycles. The Labute approximate surface area is 144 Å². The number of benzene rings is 2. The summed E-state index contributed by atoms with van der Waals surface area (Å²) in [7, 11) is 0. The highest BCUT2D eigenvalue weighted by molar-refractivity contribution is 6.33. The van der Waals surface area contributed by atoms with Crippen LogP contribution < -0.4 is 4.74 Å². The summed E-state index contributed by atoms with van der Waals surface area (Å²) in [5, 5.41) is 9.91. The van der Waals surface area contributed by atoms with Crippen LogP contribution in [0.5, 0.6) is 5.75 Å². The van der Waals surface area contributed by atoms with Crippen LogP contribution in [0.3, 0.4) is 0 Å². The Balaban J connectivity index is 2.20. The number of aliphatic carboxylic acids is 1. The number of carboxylic acid groups (broad SMARTS) is 1. The number of ether oxygens (including phenoxy) is 1. The maximum absolute atomic E-state index is 12.4. The maximum Gasteiger partial charge on any atom is 0.573 e. The minimum Gasteiger partial charge on any atom is -0.481 e. The maximum atomic E-state index is 12.4. The molecule has 3 aromatic rings. The molecule has 0 aliphatic rings. The summed E-state index contributed by atoms with van der Waals surface area (Å²) < 4.78 is 41.2. The van der Waals surface area contributed by atoms with Crippen molar-refractivity contribution in [3.05, 3.63) is 53.1 Å². The van der Waals surface area contributed by atoms with Gasteiger partial charge >= 0.3 is 12.3 Å². The quantitative estimate of drug-likeness (QED) is 0.679. The Bertz CT molecular complexity index is 950. The van der Waals surface area contributed by atoms with E-state index in [-0.39, 0.29) is 6.42 Å². The summed E-state index contributed by atoms with van der Waals surface area (Å²) >= 11 is 6.17. The molecule has 2 aromatic carbocycles. The van der Waals surface area contributed by atoms with Gasteiger partial charge in [0.25, 0.3) is 0 Å². The number of carbonyl (C=O) groups is 1. The molecule has 3 rings (SSSR count). The highest BCUT2D eigenvalue weighted by atomic mass is 35.5. The fourth-order valence-electron chi connectivity index (χ4n) is 2.65. The fraction of sp³-hybridized carbons (Fsp3) is 0.118. The summed E-state index contributed by atoms with van der Waals surface area (Å²) in [6.45, 7) is 0. The molecular weight excluding hydrogens is 359 g/mol. The Morgan fingerprint density at radius 3 is 2.56 bits per heavy atom. The summed E-state index contributed by atoms with van der Waals surface area (Å²) in [4.78, 5) is 14.3. The Morgan fingerprint density at radius 1 is 1.20 bits per heavy atom. The molecule has 0 saturated heterocycles. The van der Waals surface area contributed by atoms with Crippen molar-refractivity contribution < 1.29 is 27.8 Å². The van der Waals surface area contributed by atoms with Crippen molar-refractivity contribution in [1.29, 1.82) is 0 Å². The van der Waals surface area contributed by atoms with E-state index in [2.05, 4.69) is 9.72 Å². The number of H-pyrrole nitrogens is 1. The van der Waals surface area contributed by atoms with Crippen LogP contribution in [0.25, 0.3) is 22.2 Å². The van der Waals surface area contributed by atoms with Crippen LogP contribution in [0, 0.1) is 0 Å². The SMILES string of the molecule is O=C(O)Cc1c(-c2ccccc2Cl)[nH]c2ccc(OC(F)(F)F)cc12. The van der Waals surface area contributed by atoms with Gasteiger partial charge in [-0.3, -0.25) is 4.79 Å². The average Bonchev–Trinajstić information content (AvgIpc) is 2.84. The molecule has 1 aromatic heterocycles. The predicted molar refractivity (Wildman–Crippen MR) is 86.8 cm³/mol. The first-order valence-corrected chi connectivity index (χ1v) is 7.49. The van der Waals surface area contributed by atoms with Crippen molar-refractivity contribution in [2.24, 2.45) is 0 Å². The smallest absolute Gasteiger partial charge is 0.481 e. The van der Waals surface area contributed by atoms with Crippen LogP contribution in [0.15, 0.2) is 42.5 Å². The number of alkyl halides is 3. The van der Waals surface area contributed by atoms with Crippen LogP contribution in [0.4, 0.5) is 13.2 Å². The van der Waals surface area contributed by atoms with Gasteiger partial charge in [-0.2, -0.15) is 0 Å². The largest absolute Gasteiger partial charge is 0.573 e. The number of nitrogens with one attached hydrogen (secondary N) is 1. The molecule has 1 heterocycles. The normalized spacial score (nSPS) is 11.7. The first-order valence-electron chi connectivity index (χ1n) is 7.11. The van der Waals surface area contributed by atoms with Crippen molar-refractivity contribution in [1.82, 2.24) is 4.98 Å². The molecule has 8 heteroatoms. The van der Waals surface area contributed by atoms with Gasteiger partial charge < -0.3 is 14.8 Å². The van der Waals surface area contributed by atoms with E-state index < -0.39 is 18.1 Å². The second-order valence-corrected chi connectivity index (χ2v) is 5.69. The lowest BCUT2D eigenvalue weighted by Gasteiger charge is -2.09. The summed E-state index contributed by atoms with van der Waals surface area (Å²) in [5.41, 5.74) is 1.84. The molecule has 0 bridgehead atoms. The lowest BCUT2D eigenvalue weighted by atomic mass is 10.0. The lowest BCUT2D eigenvalue weighted by molar-refractivity contribution is -0.274. The van der Waals surface area contributed by atoms with Crippen LogP contribution in [0.1, 0.15) is 5.56 Å². The standard InChI is InChI=1S/C17H11ClF3NO3/c18-13-4-2-1-3-10(13)16-12(8-15(23)24)11-7-9(25-17(19,20)21)5-6-14(11)22-16/h1-7,22H,8H2,(H,23,24). The van der Waals surface area contributed by atoms with E-state index in [4.69, 9.17) is 11.6 Å². The summed E-state index contributed by atoms with van der Waals surface area (Å²) in [6.07, 6.45) is -5.21. The molecule has 0 unspecified atom stereocenters. The van der Waals surface area contributed by atoms with E-state index >= 15 is 0 Å². The van der Waals surface area contributed by atoms with E-state index in [0.717, 1.165) is 12.1 Å². The topological polar surface area (TPSA) is 62.3 Å². The molecule has 0 aliphatic carbocycles. The van der Waals surface area contributed by atoms with Gasteiger partial charge in [-0.05, 0) is 29.8 Å². The number of rotatable bonds is 4. The number of carboxylic acids is 1. The van der Waals surface area contributed by atoms with E-state index in [1.54, 1.807) is 24.3 Å². The van der Waals surface area contributed by atoms with Crippen LogP contribution in [-0.4, -0.2) is 22.4 Å². The molecule has 4 nitrogen and oxygen atoms in total. The zero-order valence-corrected chi connectivity index (χ0v) is 13.3. The Kier molecular flexibility index (Phi) is 4.34. The van der Waals surface area contributed by atoms with Crippen molar-refractivity contribution in [3.8, 4) is 17.0 Å². The molecule has 25 heavy (non-hydrogen) atoms. The van der Waals surface area contributed by atoms with Gasteiger partial charge in [0.2, 0.25) is 0 Å². The highest BCUT2D eigenvalue weighted by Crippen LogP contribution is 2.36. The van der Waals surface area contributed by atoms with Gasteiger partial charge in [0.15, 0.2) is 0 Å². The number of hydrogen-bond donors (Lipinski definition) is 2.